The average Bonchev–Trinajstić information content (AvgIpc) is 2.25. The Bertz CT molecular complexity index is 496. The van der Waals surface area contributed by atoms with Crippen molar-refractivity contribution in [2.24, 2.45) is 0 Å². The molecular formula is C11H11ClN4. The Morgan fingerprint density at radius 1 is 1.25 bits per heavy atom. The molecule has 2 rings (SSSR count). The molecule has 0 radical (unpaired) electrons. The van der Waals surface area contributed by atoms with Gasteiger partial charge in [0.2, 0.25) is 5.95 Å². The molecule has 0 aliphatic heterocycles. The molecule has 0 amide bonds. The smallest absolute Gasteiger partial charge is 0.227 e. The third kappa shape index (κ3) is 2.41. The first-order chi connectivity index (χ1) is 7.65. The molecule has 1 aromatic heterocycles. The molecule has 0 fully saturated rings. The number of hydrogen-bond donors (Lipinski definition) is 2. The van der Waals surface area contributed by atoms with Gasteiger partial charge in [0.05, 0.1) is 28.8 Å². The molecule has 0 saturated carbocycles. The molecule has 0 saturated heterocycles. The first kappa shape index (κ1) is 10.7. The molecule has 0 aliphatic rings. The van der Waals surface area contributed by atoms with E-state index in [9.17, 15) is 0 Å². The summed E-state index contributed by atoms with van der Waals surface area (Å²) < 4.78 is 0. The first-order valence-electron chi connectivity index (χ1n) is 4.76. The Hall–Kier alpha value is -1.81. The van der Waals surface area contributed by atoms with Crippen molar-refractivity contribution in [2.75, 3.05) is 11.1 Å². The van der Waals surface area contributed by atoms with Crippen LogP contribution in [0.5, 0.6) is 0 Å². The molecule has 0 spiro atoms. The van der Waals surface area contributed by atoms with Crippen LogP contribution in [0.1, 0.15) is 5.56 Å². The van der Waals surface area contributed by atoms with Gasteiger partial charge in [0.1, 0.15) is 0 Å². The number of nitrogen functional groups attached to an aromatic ring is 1. The number of aromatic nitrogens is 2. The highest BCUT2D eigenvalue weighted by molar-refractivity contribution is 6.33. The van der Waals surface area contributed by atoms with E-state index < -0.39 is 0 Å². The lowest BCUT2D eigenvalue weighted by molar-refractivity contribution is 1.17. The second-order valence-corrected chi connectivity index (χ2v) is 3.86. The van der Waals surface area contributed by atoms with E-state index in [4.69, 9.17) is 17.3 Å². The van der Waals surface area contributed by atoms with Gasteiger partial charge in [-0.1, -0.05) is 17.7 Å². The minimum Gasteiger partial charge on any atom is -0.396 e. The monoisotopic (exact) mass is 234 g/mol. The van der Waals surface area contributed by atoms with Crippen LogP contribution in [0, 0.1) is 6.92 Å². The van der Waals surface area contributed by atoms with Crippen LogP contribution < -0.4 is 11.1 Å². The summed E-state index contributed by atoms with van der Waals surface area (Å²) in [5.41, 5.74) is 7.90. The second-order valence-electron chi connectivity index (χ2n) is 3.45. The molecule has 0 aliphatic carbocycles. The fraction of sp³-hybridized carbons (Fsp3) is 0.0909. The van der Waals surface area contributed by atoms with E-state index in [0.717, 1.165) is 11.3 Å². The van der Waals surface area contributed by atoms with Crippen molar-refractivity contribution in [3.8, 4) is 0 Å². The lowest BCUT2D eigenvalue weighted by Crippen LogP contribution is -1.98. The van der Waals surface area contributed by atoms with Gasteiger partial charge in [-0.2, -0.15) is 0 Å². The van der Waals surface area contributed by atoms with Crippen molar-refractivity contribution in [1.29, 1.82) is 0 Å². The highest BCUT2D eigenvalue weighted by Gasteiger charge is 2.02. The number of benzene rings is 1. The number of hydrogen-bond acceptors (Lipinski definition) is 4. The molecule has 16 heavy (non-hydrogen) atoms. The number of nitrogens with two attached hydrogens (primary N) is 1. The topological polar surface area (TPSA) is 63.8 Å². The maximum atomic E-state index is 6.07. The summed E-state index contributed by atoms with van der Waals surface area (Å²) in [7, 11) is 0. The normalized spacial score (nSPS) is 10.1. The number of aryl methyl sites for hydroxylation is 1. The quantitative estimate of drug-likeness (QED) is 0.839. The highest BCUT2D eigenvalue weighted by Crippen LogP contribution is 2.24. The van der Waals surface area contributed by atoms with Crippen LogP contribution in [0.25, 0.3) is 0 Å². The Morgan fingerprint density at radius 3 is 2.56 bits per heavy atom. The minimum absolute atomic E-state index is 0.472. The predicted octanol–water partition coefficient (Wildman–Crippen LogP) is 2.76. The third-order valence-corrected chi connectivity index (χ3v) is 2.36. The molecular weight excluding hydrogens is 224 g/mol. The van der Waals surface area contributed by atoms with Crippen LogP contribution >= 0.6 is 11.6 Å². The van der Waals surface area contributed by atoms with Crippen LogP contribution in [0.3, 0.4) is 0 Å². The zero-order valence-corrected chi connectivity index (χ0v) is 9.49. The maximum Gasteiger partial charge on any atom is 0.227 e. The van der Waals surface area contributed by atoms with Crippen molar-refractivity contribution in [2.45, 2.75) is 6.92 Å². The summed E-state index contributed by atoms with van der Waals surface area (Å²) in [6, 6.07) is 5.73. The van der Waals surface area contributed by atoms with E-state index in [-0.39, 0.29) is 0 Å². The Kier molecular flexibility index (Phi) is 2.92. The van der Waals surface area contributed by atoms with E-state index in [1.165, 1.54) is 12.4 Å². The van der Waals surface area contributed by atoms with Crippen LogP contribution in [0.2, 0.25) is 5.02 Å². The largest absolute Gasteiger partial charge is 0.396 e. The summed E-state index contributed by atoms with van der Waals surface area (Å²) in [6.07, 6.45) is 3.08. The number of halogens is 1. The zero-order valence-electron chi connectivity index (χ0n) is 8.74. The molecule has 1 aromatic carbocycles. The van der Waals surface area contributed by atoms with Crippen molar-refractivity contribution < 1.29 is 0 Å². The van der Waals surface area contributed by atoms with Gasteiger partial charge in [-0.3, -0.25) is 0 Å². The lowest BCUT2D eigenvalue weighted by atomic mass is 10.2. The van der Waals surface area contributed by atoms with Gasteiger partial charge in [0.25, 0.3) is 0 Å². The highest BCUT2D eigenvalue weighted by atomic mass is 35.5. The Morgan fingerprint density at radius 2 is 1.94 bits per heavy atom. The van der Waals surface area contributed by atoms with Crippen molar-refractivity contribution in [3.63, 3.8) is 0 Å². The predicted molar refractivity (Wildman–Crippen MR) is 65.9 cm³/mol. The van der Waals surface area contributed by atoms with Crippen molar-refractivity contribution in [3.05, 3.63) is 41.2 Å². The van der Waals surface area contributed by atoms with E-state index in [0.29, 0.717) is 16.7 Å². The van der Waals surface area contributed by atoms with Gasteiger partial charge in [0, 0.05) is 0 Å². The van der Waals surface area contributed by atoms with Gasteiger partial charge in [0.15, 0.2) is 0 Å². The molecule has 5 heteroatoms. The van der Waals surface area contributed by atoms with Crippen LogP contribution in [-0.2, 0) is 0 Å². The van der Waals surface area contributed by atoms with Gasteiger partial charge in [-0.25, -0.2) is 9.97 Å². The number of rotatable bonds is 2. The summed E-state index contributed by atoms with van der Waals surface area (Å²) in [4.78, 5) is 8.06. The molecule has 1 heterocycles. The van der Waals surface area contributed by atoms with Crippen molar-refractivity contribution in [1.82, 2.24) is 9.97 Å². The summed E-state index contributed by atoms with van der Waals surface area (Å²) in [6.45, 7) is 1.98. The average molecular weight is 235 g/mol. The second kappa shape index (κ2) is 4.37. The fourth-order valence-corrected chi connectivity index (χ4v) is 1.53. The number of nitrogens with zero attached hydrogens (tertiary/aromatic N) is 2. The SMILES string of the molecule is Cc1ccc(Nc2ncc(N)cn2)c(Cl)c1. The molecule has 4 nitrogen and oxygen atoms in total. The van der Waals surface area contributed by atoms with E-state index in [1.807, 2.05) is 25.1 Å². The summed E-state index contributed by atoms with van der Waals surface area (Å²) in [5, 5.41) is 3.66. The molecule has 2 aromatic rings. The van der Waals surface area contributed by atoms with Crippen LogP contribution in [-0.4, -0.2) is 9.97 Å². The van der Waals surface area contributed by atoms with Gasteiger partial charge < -0.3 is 11.1 Å². The third-order valence-electron chi connectivity index (χ3n) is 2.04. The molecule has 82 valence electrons. The number of anilines is 3. The van der Waals surface area contributed by atoms with Crippen molar-refractivity contribution >= 4 is 28.9 Å². The first-order valence-corrected chi connectivity index (χ1v) is 5.13. The number of nitrogens with one attached hydrogen (secondary N) is 1. The Labute approximate surface area is 98.5 Å². The molecule has 0 atom stereocenters. The minimum atomic E-state index is 0.472. The van der Waals surface area contributed by atoms with E-state index in [2.05, 4.69) is 15.3 Å². The van der Waals surface area contributed by atoms with Crippen LogP contribution in [0.15, 0.2) is 30.6 Å². The Balaban J connectivity index is 2.23. The van der Waals surface area contributed by atoms with Gasteiger partial charge in [-0.15, -0.1) is 0 Å². The zero-order chi connectivity index (χ0) is 11.5. The van der Waals surface area contributed by atoms with Crippen LogP contribution in [0.4, 0.5) is 17.3 Å². The van der Waals surface area contributed by atoms with E-state index in [1.54, 1.807) is 0 Å². The van der Waals surface area contributed by atoms with Gasteiger partial charge >= 0.3 is 0 Å². The maximum absolute atomic E-state index is 6.07. The fourth-order valence-electron chi connectivity index (χ4n) is 1.24. The van der Waals surface area contributed by atoms with Gasteiger partial charge in [-0.05, 0) is 24.6 Å². The lowest BCUT2D eigenvalue weighted by Gasteiger charge is -2.07. The van der Waals surface area contributed by atoms with E-state index >= 15 is 0 Å². The molecule has 3 N–H and O–H groups in total. The molecule has 0 bridgehead atoms. The standard InChI is InChI=1S/C11H11ClN4/c1-7-2-3-10(9(12)4-7)16-11-14-5-8(13)6-15-11/h2-6H,13H2,1H3,(H,14,15,16). The molecule has 0 unspecified atom stereocenters. The summed E-state index contributed by atoms with van der Waals surface area (Å²) >= 11 is 6.07. The summed E-state index contributed by atoms with van der Waals surface area (Å²) in [5.74, 6) is 0.472.